The van der Waals surface area contributed by atoms with Gasteiger partial charge in [0.15, 0.2) is 0 Å². The summed E-state index contributed by atoms with van der Waals surface area (Å²) < 4.78 is 23.8. The predicted octanol–water partition coefficient (Wildman–Crippen LogP) is 9.23. The van der Waals surface area contributed by atoms with Gasteiger partial charge in [0, 0.05) is 0 Å². The monoisotopic (exact) mass is 625 g/mol. The van der Waals surface area contributed by atoms with Crippen molar-refractivity contribution in [2.45, 2.75) is 79.1 Å². The average molecular weight is 626 g/mol. The maximum Gasteiger partial charge on any atom is 0.781 e. The Morgan fingerprint density at radius 3 is 1.15 bits per heavy atom. The molecule has 0 radical (unpaired) electrons. The highest BCUT2D eigenvalue weighted by atomic mass is 16.9. The van der Waals surface area contributed by atoms with Gasteiger partial charge < -0.3 is 23.1 Å². The summed E-state index contributed by atoms with van der Waals surface area (Å²) in [5.41, 5.74) is 0.500. The van der Waals surface area contributed by atoms with E-state index >= 15 is 0 Å². The van der Waals surface area contributed by atoms with E-state index in [2.05, 4.69) is 27.7 Å². The molecule has 0 bridgehead atoms. The summed E-state index contributed by atoms with van der Waals surface area (Å²) in [7, 11) is 0. The van der Waals surface area contributed by atoms with Crippen LogP contribution < -0.4 is 9.31 Å². The summed E-state index contributed by atoms with van der Waals surface area (Å²) >= 11 is 0. The number of carbonyl (C=O) groups excluding carboxylic acids is 2. The van der Waals surface area contributed by atoms with Crippen LogP contribution in [0.25, 0.3) is 21.5 Å². The molecule has 0 fully saturated rings. The van der Waals surface area contributed by atoms with Gasteiger partial charge in [-0.25, -0.2) is 0 Å². The average Bonchev–Trinajstić information content (AvgIpc) is 3.06. The summed E-state index contributed by atoms with van der Waals surface area (Å²) in [6.07, 6.45) is 11.1. The first kappa shape index (κ1) is 33.3. The molecule has 0 saturated heterocycles. The Labute approximate surface area is 273 Å². The van der Waals surface area contributed by atoms with Gasteiger partial charge in [-0.3, -0.25) is 9.59 Å². The van der Waals surface area contributed by atoms with E-state index in [1.807, 2.05) is 48.5 Å². The van der Waals surface area contributed by atoms with Gasteiger partial charge in [-0.1, -0.05) is 102 Å². The van der Waals surface area contributed by atoms with Crippen LogP contribution in [0.2, 0.25) is 0 Å². The number of carbonyl (C=O) groups is 2. The fraction of sp³-hybridized carbons (Fsp3) is 0.421. The van der Waals surface area contributed by atoms with Crippen molar-refractivity contribution >= 4 is 40.4 Å². The fourth-order valence-corrected chi connectivity index (χ4v) is 6.44. The molecule has 0 unspecified atom stereocenters. The molecule has 6 rings (SSSR count). The Morgan fingerprint density at radius 2 is 0.826 bits per heavy atom. The van der Waals surface area contributed by atoms with Gasteiger partial charge in [0.25, 0.3) is 0 Å². The zero-order valence-corrected chi connectivity index (χ0v) is 27.9. The van der Waals surface area contributed by atoms with Gasteiger partial charge in [-0.15, -0.1) is 0 Å². The summed E-state index contributed by atoms with van der Waals surface area (Å²) in [5, 5.41) is 3.49. The lowest BCUT2D eigenvalue weighted by atomic mass is 9.94. The van der Waals surface area contributed by atoms with E-state index in [9.17, 15) is 9.59 Å². The van der Waals surface area contributed by atoms with Gasteiger partial charge in [0.1, 0.15) is 0 Å². The van der Waals surface area contributed by atoms with Gasteiger partial charge in [0.05, 0.1) is 48.8 Å². The van der Waals surface area contributed by atoms with Crippen molar-refractivity contribution in [2.24, 2.45) is 0 Å². The highest BCUT2D eigenvalue weighted by molar-refractivity contribution is 6.61. The molecule has 2 aliphatic rings. The highest BCUT2D eigenvalue weighted by Crippen LogP contribution is 2.39. The van der Waals surface area contributed by atoms with E-state index in [4.69, 9.17) is 18.6 Å². The zero-order valence-electron chi connectivity index (χ0n) is 27.9. The van der Waals surface area contributed by atoms with E-state index in [1.165, 1.54) is 82.0 Å². The molecule has 4 aromatic carbocycles. The lowest BCUT2D eigenvalue weighted by molar-refractivity contribution is -0.929. The van der Waals surface area contributed by atoms with Crippen LogP contribution in [0, 0.1) is 0 Å². The first-order valence-corrected chi connectivity index (χ1v) is 17.2. The van der Waals surface area contributed by atoms with E-state index in [1.54, 1.807) is 24.3 Å². The molecular formula is C38H48BNO6. The Morgan fingerprint density at radius 1 is 0.500 bits per heavy atom. The second kappa shape index (κ2) is 15.0. The van der Waals surface area contributed by atoms with Crippen molar-refractivity contribution in [2.75, 3.05) is 26.2 Å². The fourth-order valence-electron chi connectivity index (χ4n) is 6.44. The SMILES string of the molecule is CCCC[N+](CCCC)(CCCC)CCCC.O=C1O[B-]2(OC(=O)c3cc4ccccc4cc3O2)Oc2cc3ccccc3cc21. The number of hydrogen-bond acceptors (Lipinski definition) is 6. The van der Waals surface area contributed by atoms with Crippen molar-refractivity contribution in [1.29, 1.82) is 0 Å². The van der Waals surface area contributed by atoms with Crippen LogP contribution in [0.5, 0.6) is 11.5 Å². The number of fused-ring (bicyclic) bond motifs is 4. The quantitative estimate of drug-likeness (QED) is 0.115. The third kappa shape index (κ3) is 7.50. The van der Waals surface area contributed by atoms with Crippen LogP contribution in [0.1, 0.15) is 99.8 Å². The second-order valence-corrected chi connectivity index (χ2v) is 12.7. The Hall–Kier alpha value is -4.04. The number of quaternary nitrogens is 1. The lowest BCUT2D eigenvalue weighted by Gasteiger charge is -2.45. The lowest BCUT2D eigenvalue weighted by Crippen LogP contribution is -2.61. The summed E-state index contributed by atoms with van der Waals surface area (Å²) in [5.74, 6) is -0.850. The molecule has 0 atom stereocenters. The molecule has 0 aromatic heterocycles. The third-order valence-electron chi connectivity index (χ3n) is 9.13. The Balaban J connectivity index is 0.000000213. The minimum atomic E-state index is -3.09. The van der Waals surface area contributed by atoms with Crippen LogP contribution in [0.4, 0.5) is 0 Å². The van der Waals surface area contributed by atoms with Crippen molar-refractivity contribution in [3.8, 4) is 11.5 Å². The normalized spacial score (nSPS) is 14.8. The molecular weight excluding hydrogens is 577 g/mol. The molecule has 2 heterocycles. The molecule has 2 aliphatic heterocycles. The molecule has 7 nitrogen and oxygen atoms in total. The topological polar surface area (TPSA) is 71.1 Å². The van der Waals surface area contributed by atoms with Gasteiger partial charge >= 0.3 is 18.9 Å². The highest BCUT2D eigenvalue weighted by Gasteiger charge is 2.52. The third-order valence-corrected chi connectivity index (χ3v) is 9.13. The number of nitrogens with zero attached hydrogens (tertiary/aromatic N) is 1. The number of rotatable bonds is 12. The van der Waals surface area contributed by atoms with E-state index in [0.717, 1.165) is 21.5 Å². The van der Waals surface area contributed by atoms with Gasteiger partial charge in [-0.05, 0) is 71.5 Å². The standard InChI is InChI=1S/C22H12BO6.C16H36N/c24-21-17-9-13-5-1-3-7-15(13)11-19(17)26-23(28-21)27-20-12-16-8-4-2-6-14(16)10-18(20)22(25)29-23;1-5-9-13-17(14-10-6-2,15-11-7-3)16-12-8-4/h1-12H;5-16H2,1-4H3/q-1;+1. The number of unbranched alkanes of at least 4 members (excludes halogenated alkanes) is 4. The molecule has 4 aromatic rings. The maximum atomic E-state index is 12.7. The second-order valence-electron chi connectivity index (χ2n) is 12.7. The summed E-state index contributed by atoms with van der Waals surface area (Å²) in [6, 6.07) is 21.9. The summed E-state index contributed by atoms with van der Waals surface area (Å²) in [4.78, 5) is 25.4. The molecule has 0 amide bonds. The largest absolute Gasteiger partial charge is 0.781 e. The van der Waals surface area contributed by atoms with Gasteiger partial charge in [0.2, 0.25) is 0 Å². The minimum absolute atomic E-state index is 0.247. The molecule has 0 saturated carbocycles. The van der Waals surface area contributed by atoms with Crippen LogP contribution in [-0.4, -0.2) is 49.6 Å². The maximum absolute atomic E-state index is 12.7. The molecule has 1 spiro atoms. The Kier molecular flexibility index (Phi) is 10.9. The van der Waals surface area contributed by atoms with Crippen LogP contribution in [0.15, 0.2) is 72.8 Å². The first-order valence-electron chi connectivity index (χ1n) is 17.2. The molecule has 46 heavy (non-hydrogen) atoms. The van der Waals surface area contributed by atoms with Gasteiger partial charge in [-0.2, -0.15) is 0 Å². The minimum Gasteiger partial charge on any atom is -0.610 e. The Bertz CT molecular complexity index is 1530. The molecule has 8 heteroatoms. The van der Waals surface area contributed by atoms with Crippen LogP contribution in [-0.2, 0) is 9.31 Å². The van der Waals surface area contributed by atoms with E-state index in [-0.39, 0.29) is 22.6 Å². The molecule has 244 valence electrons. The number of hydrogen-bond donors (Lipinski definition) is 0. The van der Waals surface area contributed by atoms with Crippen molar-refractivity contribution in [1.82, 2.24) is 0 Å². The van der Waals surface area contributed by atoms with Crippen LogP contribution in [0.3, 0.4) is 0 Å². The van der Waals surface area contributed by atoms with Crippen molar-refractivity contribution in [3.05, 3.63) is 83.9 Å². The molecule has 0 aliphatic carbocycles. The van der Waals surface area contributed by atoms with Crippen molar-refractivity contribution < 1.29 is 32.7 Å². The van der Waals surface area contributed by atoms with Crippen LogP contribution >= 0.6 is 0 Å². The van der Waals surface area contributed by atoms with E-state index in [0.29, 0.717) is 0 Å². The smallest absolute Gasteiger partial charge is 0.610 e. The zero-order chi connectivity index (χ0) is 32.6. The number of benzene rings is 4. The van der Waals surface area contributed by atoms with Crippen molar-refractivity contribution in [3.63, 3.8) is 0 Å². The van der Waals surface area contributed by atoms with E-state index < -0.39 is 18.9 Å². The molecule has 0 N–H and O–H groups in total. The summed E-state index contributed by atoms with van der Waals surface area (Å²) in [6.45, 7) is 11.9. The first-order chi connectivity index (χ1) is 22.3. The predicted molar refractivity (Wildman–Crippen MR) is 185 cm³/mol.